The fraction of sp³-hybridized carbons (Fsp3) is 1.00. The number of nitrogens with one attached hydrogen (secondary N) is 1. The van der Waals surface area contributed by atoms with E-state index in [-0.39, 0.29) is 0 Å². The maximum absolute atomic E-state index is 5.55. The molecule has 0 bridgehead atoms. The molecule has 1 fully saturated rings. The van der Waals surface area contributed by atoms with E-state index in [1.807, 2.05) is 0 Å². The van der Waals surface area contributed by atoms with E-state index in [4.69, 9.17) is 9.47 Å². The predicted molar refractivity (Wildman–Crippen MR) is 70.4 cm³/mol. The summed E-state index contributed by atoms with van der Waals surface area (Å²) in [5.41, 5.74) is 0. The van der Waals surface area contributed by atoms with Crippen LogP contribution in [0.4, 0.5) is 0 Å². The molecule has 0 aromatic rings. The highest BCUT2D eigenvalue weighted by atomic mass is 16.5. The van der Waals surface area contributed by atoms with Crippen molar-refractivity contribution in [1.82, 2.24) is 10.2 Å². The molecule has 1 aliphatic rings. The highest BCUT2D eigenvalue weighted by Gasteiger charge is 2.27. The first-order valence-electron chi connectivity index (χ1n) is 6.69. The van der Waals surface area contributed by atoms with Crippen LogP contribution < -0.4 is 5.32 Å². The standard InChI is InChI=1S/C13H28N2O2/c1-11(2)13-9-14-12(3)10-15(13)5-6-17-8-7-16-4/h11-14H,5-10H2,1-4H3. The fourth-order valence-corrected chi connectivity index (χ4v) is 2.34. The lowest BCUT2D eigenvalue weighted by atomic mass is 9.99. The van der Waals surface area contributed by atoms with Gasteiger partial charge in [0.15, 0.2) is 0 Å². The molecule has 1 saturated heterocycles. The van der Waals surface area contributed by atoms with Crippen molar-refractivity contribution in [2.24, 2.45) is 5.92 Å². The Bertz CT molecular complexity index is 200. The summed E-state index contributed by atoms with van der Waals surface area (Å²) in [5.74, 6) is 0.689. The summed E-state index contributed by atoms with van der Waals surface area (Å²) >= 11 is 0. The van der Waals surface area contributed by atoms with Crippen LogP contribution in [0.3, 0.4) is 0 Å². The van der Waals surface area contributed by atoms with Crippen LogP contribution in [0.25, 0.3) is 0 Å². The van der Waals surface area contributed by atoms with Gasteiger partial charge >= 0.3 is 0 Å². The van der Waals surface area contributed by atoms with Gasteiger partial charge in [0.2, 0.25) is 0 Å². The van der Waals surface area contributed by atoms with Gasteiger partial charge in [0.25, 0.3) is 0 Å². The van der Waals surface area contributed by atoms with Crippen LogP contribution in [0.5, 0.6) is 0 Å². The molecule has 0 radical (unpaired) electrons. The average Bonchev–Trinajstić information content (AvgIpc) is 2.28. The topological polar surface area (TPSA) is 33.7 Å². The van der Waals surface area contributed by atoms with Crippen molar-refractivity contribution in [2.75, 3.05) is 46.6 Å². The van der Waals surface area contributed by atoms with E-state index in [0.717, 1.165) is 26.2 Å². The highest BCUT2D eigenvalue weighted by molar-refractivity contribution is 4.85. The van der Waals surface area contributed by atoms with Gasteiger partial charge in [-0.2, -0.15) is 0 Å². The van der Waals surface area contributed by atoms with Gasteiger partial charge < -0.3 is 14.8 Å². The number of piperazine rings is 1. The Labute approximate surface area is 106 Å². The summed E-state index contributed by atoms with van der Waals surface area (Å²) in [4.78, 5) is 2.55. The third kappa shape index (κ3) is 5.34. The molecule has 0 aromatic heterocycles. The van der Waals surface area contributed by atoms with E-state index >= 15 is 0 Å². The second-order valence-electron chi connectivity index (χ2n) is 5.22. The van der Waals surface area contributed by atoms with Crippen molar-refractivity contribution in [3.63, 3.8) is 0 Å². The monoisotopic (exact) mass is 244 g/mol. The van der Waals surface area contributed by atoms with Crippen molar-refractivity contribution in [3.8, 4) is 0 Å². The molecule has 0 saturated carbocycles. The van der Waals surface area contributed by atoms with Crippen LogP contribution in [-0.2, 0) is 9.47 Å². The van der Waals surface area contributed by atoms with E-state index < -0.39 is 0 Å². The Balaban J connectivity index is 2.26. The number of rotatable bonds is 7. The van der Waals surface area contributed by atoms with Crippen LogP contribution in [-0.4, -0.2) is 63.5 Å². The molecule has 17 heavy (non-hydrogen) atoms. The van der Waals surface area contributed by atoms with Gasteiger partial charge in [-0.15, -0.1) is 0 Å². The van der Waals surface area contributed by atoms with E-state index in [1.54, 1.807) is 7.11 Å². The zero-order valence-corrected chi connectivity index (χ0v) is 11.7. The molecule has 0 aliphatic carbocycles. The molecule has 0 spiro atoms. The smallest absolute Gasteiger partial charge is 0.0700 e. The molecule has 102 valence electrons. The molecule has 2 unspecified atom stereocenters. The minimum absolute atomic E-state index is 0.587. The summed E-state index contributed by atoms with van der Waals surface area (Å²) in [5, 5.41) is 3.55. The summed E-state index contributed by atoms with van der Waals surface area (Å²) in [6.07, 6.45) is 0. The summed E-state index contributed by atoms with van der Waals surface area (Å²) in [6, 6.07) is 1.22. The fourth-order valence-electron chi connectivity index (χ4n) is 2.34. The quantitative estimate of drug-likeness (QED) is 0.677. The van der Waals surface area contributed by atoms with E-state index in [1.165, 1.54) is 0 Å². The van der Waals surface area contributed by atoms with Gasteiger partial charge in [-0.05, 0) is 12.8 Å². The van der Waals surface area contributed by atoms with E-state index in [9.17, 15) is 0 Å². The van der Waals surface area contributed by atoms with Crippen molar-refractivity contribution in [1.29, 1.82) is 0 Å². The van der Waals surface area contributed by atoms with Crippen molar-refractivity contribution < 1.29 is 9.47 Å². The number of methoxy groups -OCH3 is 1. The Morgan fingerprint density at radius 1 is 1.29 bits per heavy atom. The van der Waals surface area contributed by atoms with Gasteiger partial charge in [-0.25, -0.2) is 0 Å². The normalized spacial score (nSPS) is 26.6. The molecular weight excluding hydrogens is 216 g/mol. The van der Waals surface area contributed by atoms with Crippen LogP contribution in [0, 0.1) is 5.92 Å². The molecule has 4 nitrogen and oxygen atoms in total. The largest absolute Gasteiger partial charge is 0.382 e. The van der Waals surface area contributed by atoms with Crippen LogP contribution in [0.15, 0.2) is 0 Å². The van der Waals surface area contributed by atoms with Crippen molar-refractivity contribution in [3.05, 3.63) is 0 Å². The minimum atomic E-state index is 0.587. The Kier molecular flexibility index (Phi) is 7.04. The van der Waals surface area contributed by atoms with E-state index in [0.29, 0.717) is 31.2 Å². The third-order valence-corrected chi connectivity index (χ3v) is 3.38. The molecule has 0 aromatic carbocycles. The molecular formula is C13H28N2O2. The molecule has 1 rings (SSSR count). The Hall–Kier alpha value is -0.160. The summed E-state index contributed by atoms with van der Waals surface area (Å²) in [7, 11) is 1.70. The lowest BCUT2D eigenvalue weighted by molar-refractivity contribution is 0.0321. The maximum atomic E-state index is 5.55. The van der Waals surface area contributed by atoms with Crippen LogP contribution in [0.2, 0.25) is 0 Å². The number of ether oxygens (including phenoxy) is 2. The summed E-state index contributed by atoms with van der Waals surface area (Å²) in [6.45, 7) is 12.3. The lowest BCUT2D eigenvalue weighted by Gasteiger charge is -2.41. The molecule has 0 amide bonds. The lowest BCUT2D eigenvalue weighted by Crippen LogP contribution is -2.57. The van der Waals surface area contributed by atoms with Gasteiger partial charge in [-0.3, -0.25) is 4.90 Å². The summed E-state index contributed by atoms with van der Waals surface area (Å²) < 4.78 is 10.5. The van der Waals surface area contributed by atoms with Gasteiger partial charge in [-0.1, -0.05) is 13.8 Å². The predicted octanol–water partition coefficient (Wildman–Crippen LogP) is 0.968. The van der Waals surface area contributed by atoms with Gasteiger partial charge in [0, 0.05) is 38.8 Å². The second kappa shape index (κ2) is 8.03. The molecule has 1 aliphatic heterocycles. The van der Waals surface area contributed by atoms with Crippen molar-refractivity contribution in [2.45, 2.75) is 32.9 Å². The molecule has 1 N–H and O–H groups in total. The first kappa shape index (κ1) is 14.9. The van der Waals surface area contributed by atoms with Crippen molar-refractivity contribution >= 4 is 0 Å². The highest BCUT2D eigenvalue weighted by Crippen LogP contribution is 2.14. The van der Waals surface area contributed by atoms with E-state index in [2.05, 4.69) is 31.0 Å². The zero-order valence-electron chi connectivity index (χ0n) is 11.7. The first-order valence-corrected chi connectivity index (χ1v) is 6.69. The number of hydrogen-bond acceptors (Lipinski definition) is 4. The van der Waals surface area contributed by atoms with Crippen LogP contribution in [0.1, 0.15) is 20.8 Å². The SMILES string of the molecule is COCCOCCN1CC(C)NCC1C(C)C. The maximum Gasteiger partial charge on any atom is 0.0700 e. The minimum Gasteiger partial charge on any atom is -0.382 e. The average molecular weight is 244 g/mol. The molecule has 1 heterocycles. The number of hydrogen-bond donors (Lipinski definition) is 1. The third-order valence-electron chi connectivity index (χ3n) is 3.38. The Morgan fingerprint density at radius 2 is 2.06 bits per heavy atom. The Morgan fingerprint density at radius 3 is 2.71 bits per heavy atom. The zero-order chi connectivity index (χ0) is 12.7. The second-order valence-corrected chi connectivity index (χ2v) is 5.22. The van der Waals surface area contributed by atoms with Gasteiger partial charge in [0.1, 0.15) is 0 Å². The van der Waals surface area contributed by atoms with Gasteiger partial charge in [0.05, 0.1) is 19.8 Å². The molecule has 4 heteroatoms. The van der Waals surface area contributed by atoms with Crippen LogP contribution >= 0.6 is 0 Å². The number of nitrogens with zero attached hydrogens (tertiary/aromatic N) is 1. The first-order chi connectivity index (χ1) is 8.15. The molecule has 2 atom stereocenters.